The summed E-state index contributed by atoms with van der Waals surface area (Å²) < 4.78 is 5.19. The van der Waals surface area contributed by atoms with Crippen LogP contribution < -0.4 is 10.6 Å². The Kier molecular flexibility index (Phi) is 6.06. The number of carbonyl (C=O) groups excluding carboxylic acids is 2. The summed E-state index contributed by atoms with van der Waals surface area (Å²) in [6, 6.07) is 13.3. The summed E-state index contributed by atoms with van der Waals surface area (Å²) in [5, 5.41) is 8.22. The topological polar surface area (TPSA) is 96.9 Å². The lowest BCUT2D eigenvalue weighted by molar-refractivity contribution is -0.115. The lowest BCUT2D eigenvalue weighted by Crippen LogP contribution is -2.27. The normalized spacial score (nSPS) is 10.7. The number of nitrogens with one attached hydrogen (secondary N) is 2. The van der Waals surface area contributed by atoms with Crippen LogP contribution in [0.25, 0.3) is 0 Å². The van der Waals surface area contributed by atoms with Crippen molar-refractivity contribution < 1.29 is 14.3 Å². The monoisotopic (exact) mass is 355 g/mol. The molecule has 0 radical (unpaired) electrons. The van der Waals surface area contributed by atoms with Crippen molar-refractivity contribution in [2.45, 2.75) is 32.8 Å². The van der Waals surface area contributed by atoms with Gasteiger partial charge in [0.25, 0.3) is 0 Å². The summed E-state index contributed by atoms with van der Waals surface area (Å²) in [4.78, 5) is 34.5. The van der Waals surface area contributed by atoms with Crippen LogP contribution in [0.1, 0.15) is 26.3 Å². The Labute approximate surface area is 151 Å². The second-order valence-electron chi connectivity index (χ2n) is 6.69. The van der Waals surface area contributed by atoms with E-state index in [9.17, 15) is 14.5 Å². The number of nitroso groups, excluding NO2 is 1. The van der Waals surface area contributed by atoms with Crippen molar-refractivity contribution in [2.75, 3.05) is 10.6 Å². The SMILES string of the molecule is CC(C)(C)OC(=O)Nc1cccc(NC(=O)Cc2cccc(N=O)c2)c1. The highest BCUT2D eigenvalue weighted by atomic mass is 16.6. The molecule has 26 heavy (non-hydrogen) atoms. The van der Waals surface area contributed by atoms with Gasteiger partial charge < -0.3 is 10.1 Å². The molecule has 0 aromatic heterocycles. The van der Waals surface area contributed by atoms with E-state index in [1.165, 1.54) is 0 Å². The van der Waals surface area contributed by atoms with Crippen LogP contribution in [0.2, 0.25) is 0 Å². The third kappa shape index (κ3) is 6.35. The van der Waals surface area contributed by atoms with Crippen molar-refractivity contribution in [3.63, 3.8) is 0 Å². The van der Waals surface area contributed by atoms with Crippen molar-refractivity contribution in [2.24, 2.45) is 5.18 Å². The predicted molar refractivity (Wildman–Crippen MR) is 101 cm³/mol. The van der Waals surface area contributed by atoms with Crippen molar-refractivity contribution in [3.8, 4) is 0 Å². The number of hydrogen-bond acceptors (Lipinski definition) is 5. The van der Waals surface area contributed by atoms with Crippen molar-refractivity contribution in [1.82, 2.24) is 0 Å². The van der Waals surface area contributed by atoms with E-state index in [4.69, 9.17) is 4.74 Å². The molecule has 7 nitrogen and oxygen atoms in total. The molecule has 0 bridgehead atoms. The van der Waals surface area contributed by atoms with Crippen LogP contribution in [0.5, 0.6) is 0 Å². The summed E-state index contributed by atoms with van der Waals surface area (Å²) in [6.07, 6.45) is -0.466. The largest absolute Gasteiger partial charge is 0.444 e. The Morgan fingerprint density at radius 1 is 1.00 bits per heavy atom. The van der Waals surface area contributed by atoms with E-state index < -0.39 is 11.7 Å². The number of nitrogens with zero attached hydrogens (tertiary/aromatic N) is 1. The van der Waals surface area contributed by atoms with E-state index in [1.54, 1.807) is 69.3 Å². The molecule has 2 amide bonds. The van der Waals surface area contributed by atoms with Gasteiger partial charge >= 0.3 is 6.09 Å². The van der Waals surface area contributed by atoms with Crippen LogP contribution >= 0.6 is 0 Å². The maximum absolute atomic E-state index is 12.2. The summed E-state index contributed by atoms with van der Waals surface area (Å²) in [6.45, 7) is 5.33. The third-order valence-electron chi connectivity index (χ3n) is 3.17. The number of rotatable bonds is 5. The van der Waals surface area contributed by atoms with Crippen LogP contribution in [0, 0.1) is 4.91 Å². The molecule has 0 fully saturated rings. The standard InChI is InChI=1S/C19H21N3O4/c1-19(2,3)26-18(24)21-15-8-5-7-14(12-15)20-17(23)11-13-6-4-9-16(10-13)22-25/h4-10,12H,11H2,1-3H3,(H,20,23)(H,21,24). The Morgan fingerprint density at radius 3 is 2.31 bits per heavy atom. The smallest absolute Gasteiger partial charge is 0.412 e. The minimum absolute atomic E-state index is 0.104. The van der Waals surface area contributed by atoms with E-state index in [0.29, 0.717) is 16.9 Å². The number of ether oxygens (including phenoxy) is 1. The fraction of sp³-hybridized carbons (Fsp3) is 0.263. The first kappa shape index (κ1) is 19.1. The molecule has 0 saturated carbocycles. The Morgan fingerprint density at radius 2 is 1.65 bits per heavy atom. The molecular formula is C19H21N3O4. The van der Waals surface area contributed by atoms with Gasteiger partial charge in [-0.1, -0.05) is 18.2 Å². The van der Waals surface area contributed by atoms with Crippen LogP contribution in [0.15, 0.2) is 53.7 Å². The molecule has 2 rings (SSSR count). The Bertz CT molecular complexity index is 812. The van der Waals surface area contributed by atoms with Crippen molar-refractivity contribution in [3.05, 3.63) is 59.0 Å². The molecule has 0 spiro atoms. The number of amides is 2. The number of anilines is 2. The lowest BCUT2D eigenvalue weighted by atomic mass is 10.1. The van der Waals surface area contributed by atoms with Crippen molar-refractivity contribution >= 4 is 29.1 Å². The summed E-state index contributed by atoms with van der Waals surface area (Å²) >= 11 is 0. The van der Waals surface area contributed by atoms with E-state index in [-0.39, 0.29) is 18.0 Å². The molecule has 0 unspecified atom stereocenters. The molecule has 2 aromatic carbocycles. The lowest BCUT2D eigenvalue weighted by Gasteiger charge is -2.19. The molecule has 0 aliphatic heterocycles. The molecule has 0 saturated heterocycles. The first-order valence-electron chi connectivity index (χ1n) is 8.07. The van der Waals surface area contributed by atoms with Gasteiger partial charge in [0.2, 0.25) is 5.91 Å². The molecule has 136 valence electrons. The van der Waals surface area contributed by atoms with Gasteiger partial charge in [-0.2, -0.15) is 0 Å². The molecule has 0 atom stereocenters. The molecule has 2 N–H and O–H groups in total. The highest BCUT2D eigenvalue weighted by molar-refractivity contribution is 5.93. The van der Waals surface area contributed by atoms with Gasteiger partial charge in [-0.25, -0.2) is 4.79 Å². The number of benzene rings is 2. The van der Waals surface area contributed by atoms with Crippen molar-refractivity contribution in [1.29, 1.82) is 0 Å². The van der Waals surface area contributed by atoms with Gasteiger partial charge in [0, 0.05) is 11.4 Å². The average Bonchev–Trinajstić information content (AvgIpc) is 2.53. The summed E-state index contributed by atoms with van der Waals surface area (Å²) in [5.74, 6) is -0.248. The van der Waals surface area contributed by atoms with Crippen LogP contribution in [-0.2, 0) is 16.0 Å². The second-order valence-corrected chi connectivity index (χ2v) is 6.69. The quantitative estimate of drug-likeness (QED) is 0.765. The van der Waals surface area contributed by atoms with E-state index in [2.05, 4.69) is 15.8 Å². The van der Waals surface area contributed by atoms with E-state index in [0.717, 1.165) is 0 Å². The molecule has 7 heteroatoms. The molecule has 0 aliphatic rings. The summed E-state index contributed by atoms with van der Waals surface area (Å²) in [5.41, 5.74) is 1.40. The fourth-order valence-electron chi connectivity index (χ4n) is 2.21. The second kappa shape index (κ2) is 8.24. The number of carbonyl (C=O) groups is 2. The maximum atomic E-state index is 12.2. The van der Waals surface area contributed by atoms with Crippen LogP contribution in [0.4, 0.5) is 21.9 Å². The zero-order valence-electron chi connectivity index (χ0n) is 14.9. The van der Waals surface area contributed by atoms with Gasteiger partial charge in [0.15, 0.2) is 0 Å². The molecule has 0 heterocycles. The van der Waals surface area contributed by atoms with E-state index >= 15 is 0 Å². The Balaban J connectivity index is 1.98. The van der Waals surface area contributed by atoms with Crippen LogP contribution in [-0.4, -0.2) is 17.6 Å². The van der Waals surface area contributed by atoms with Gasteiger partial charge in [-0.15, -0.1) is 4.91 Å². The predicted octanol–water partition coefficient (Wildman–Crippen LogP) is 4.61. The van der Waals surface area contributed by atoms with Gasteiger partial charge in [0.1, 0.15) is 11.3 Å². The Hall–Kier alpha value is -3.22. The van der Waals surface area contributed by atoms with Gasteiger partial charge in [-0.3, -0.25) is 10.1 Å². The highest BCUT2D eigenvalue weighted by Crippen LogP contribution is 2.18. The zero-order chi connectivity index (χ0) is 19.2. The first-order valence-corrected chi connectivity index (χ1v) is 8.07. The minimum atomic E-state index is -0.596. The maximum Gasteiger partial charge on any atom is 0.412 e. The first-order chi connectivity index (χ1) is 12.2. The molecule has 2 aromatic rings. The number of hydrogen-bond donors (Lipinski definition) is 2. The zero-order valence-corrected chi connectivity index (χ0v) is 14.9. The molecule has 0 aliphatic carbocycles. The van der Waals surface area contributed by atoms with Gasteiger partial charge in [-0.05, 0) is 61.8 Å². The average molecular weight is 355 g/mol. The van der Waals surface area contributed by atoms with Crippen LogP contribution in [0.3, 0.4) is 0 Å². The fourth-order valence-corrected chi connectivity index (χ4v) is 2.21. The third-order valence-corrected chi connectivity index (χ3v) is 3.17. The minimum Gasteiger partial charge on any atom is -0.444 e. The van der Waals surface area contributed by atoms with E-state index in [1.807, 2.05) is 0 Å². The highest BCUT2D eigenvalue weighted by Gasteiger charge is 2.16. The molecular weight excluding hydrogens is 334 g/mol. The summed E-state index contributed by atoms with van der Waals surface area (Å²) in [7, 11) is 0. The van der Waals surface area contributed by atoms with Gasteiger partial charge in [0.05, 0.1) is 6.42 Å².